The van der Waals surface area contributed by atoms with Crippen LogP contribution in [0, 0.1) is 0 Å². The molecule has 0 atom stereocenters. The van der Waals surface area contributed by atoms with E-state index in [-0.39, 0.29) is 0 Å². The molecule has 0 fully saturated rings. The third-order valence-electron chi connectivity index (χ3n) is 3.26. The van der Waals surface area contributed by atoms with Gasteiger partial charge >= 0.3 is 0 Å². The first-order valence-corrected chi connectivity index (χ1v) is 6.18. The van der Waals surface area contributed by atoms with E-state index in [4.69, 9.17) is 0 Å². The first-order chi connectivity index (χ1) is 9.92. The molecule has 6 heteroatoms. The molecule has 2 aromatic heterocycles. The molecule has 0 saturated carbocycles. The number of hydrogen-bond acceptors (Lipinski definition) is 4. The van der Waals surface area contributed by atoms with Crippen LogP contribution in [0.2, 0.25) is 0 Å². The van der Waals surface area contributed by atoms with Gasteiger partial charge in [-0.15, -0.1) is 10.2 Å². The summed E-state index contributed by atoms with van der Waals surface area (Å²) in [6.07, 6.45) is 1.82. The van der Waals surface area contributed by atoms with Gasteiger partial charge in [-0.2, -0.15) is 10.3 Å². The average Bonchev–Trinajstić information content (AvgIpc) is 3.18. The Morgan fingerprint density at radius 3 is 2.70 bits per heavy atom. The number of hydrogen-bond donors (Lipinski definition) is 2. The molecule has 4 aromatic rings. The van der Waals surface area contributed by atoms with Crippen molar-refractivity contribution in [2.75, 3.05) is 0 Å². The molecule has 0 bridgehead atoms. The second kappa shape index (κ2) is 4.27. The molecule has 2 aromatic carbocycles. The van der Waals surface area contributed by atoms with Gasteiger partial charge in [0.2, 0.25) is 5.82 Å². The van der Waals surface area contributed by atoms with Gasteiger partial charge in [-0.1, -0.05) is 30.3 Å². The Labute approximate surface area is 113 Å². The van der Waals surface area contributed by atoms with Gasteiger partial charge in [0.15, 0.2) is 0 Å². The molecule has 0 unspecified atom stereocenters. The van der Waals surface area contributed by atoms with Crippen LogP contribution in [0.3, 0.4) is 0 Å². The molecule has 2 heterocycles. The monoisotopic (exact) mass is 262 g/mol. The van der Waals surface area contributed by atoms with Crippen LogP contribution in [0.4, 0.5) is 0 Å². The predicted octanol–water partition coefficient (Wildman–Crippen LogP) is 2.41. The SMILES string of the molecule is c1ccc(-c2nn[nH]n2)c(-c2ccc3[nH]ncc3c2)c1. The van der Waals surface area contributed by atoms with Crippen LogP contribution < -0.4 is 0 Å². The zero-order chi connectivity index (χ0) is 13.4. The van der Waals surface area contributed by atoms with Crippen molar-refractivity contribution in [3.63, 3.8) is 0 Å². The first-order valence-electron chi connectivity index (χ1n) is 6.18. The lowest BCUT2D eigenvalue weighted by Gasteiger charge is -2.06. The van der Waals surface area contributed by atoms with Gasteiger partial charge in [-0.3, -0.25) is 5.10 Å². The summed E-state index contributed by atoms with van der Waals surface area (Å²) in [5, 5.41) is 22.3. The van der Waals surface area contributed by atoms with Crippen molar-refractivity contribution in [2.45, 2.75) is 0 Å². The molecule has 6 nitrogen and oxygen atoms in total. The van der Waals surface area contributed by atoms with E-state index in [0.717, 1.165) is 27.6 Å². The number of aromatic nitrogens is 6. The number of fused-ring (bicyclic) bond motifs is 1. The van der Waals surface area contributed by atoms with E-state index < -0.39 is 0 Å². The van der Waals surface area contributed by atoms with Gasteiger partial charge < -0.3 is 0 Å². The van der Waals surface area contributed by atoms with Crippen LogP contribution in [0.5, 0.6) is 0 Å². The van der Waals surface area contributed by atoms with Crippen LogP contribution in [-0.2, 0) is 0 Å². The molecule has 0 aliphatic carbocycles. The van der Waals surface area contributed by atoms with Crippen molar-refractivity contribution in [2.24, 2.45) is 0 Å². The number of nitrogens with one attached hydrogen (secondary N) is 2. The Hall–Kier alpha value is -3.02. The average molecular weight is 262 g/mol. The van der Waals surface area contributed by atoms with Crippen LogP contribution in [-0.4, -0.2) is 30.8 Å². The third kappa shape index (κ3) is 1.66. The highest BCUT2D eigenvalue weighted by Crippen LogP contribution is 2.31. The van der Waals surface area contributed by atoms with Crippen molar-refractivity contribution in [3.8, 4) is 22.5 Å². The molecule has 0 saturated heterocycles. The third-order valence-corrected chi connectivity index (χ3v) is 3.26. The zero-order valence-corrected chi connectivity index (χ0v) is 10.4. The van der Waals surface area contributed by atoms with Crippen molar-refractivity contribution < 1.29 is 0 Å². The van der Waals surface area contributed by atoms with Gasteiger partial charge in [0, 0.05) is 10.9 Å². The van der Waals surface area contributed by atoms with Gasteiger partial charge in [0.25, 0.3) is 0 Å². The lowest BCUT2D eigenvalue weighted by Crippen LogP contribution is -1.87. The summed E-state index contributed by atoms with van der Waals surface area (Å²) < 4.78 is 0. The molecular formula is C14H10N6. The number of benzene rings is 2. The second-order valence-corrected chi connectivity index (χ2v) is 4.45. The van der Waals surface area contributed by atoms with E-state index in [2.05, 4.69) is 43.0 Å². The highest BCUT2D eigenvalue weighted by atomic mass is 15.5. The van der Waals surface area contributed by atoms with Gasteiger partial charge in [-0.05, 0) is 28.5 Å². The number of aromatic amines is 2. The molecule has 0 spiro atoms. The summed E-state index contributed by atoms with van der Waals surface area (Å²) >= 11 is 0. The lowest BCUT2D eigenvalue weighted by atomic mass is 9.98. The molecule has 96 valence electrons. The van der Waals surface area contributed by atoms with E-state index in [1.165, 1.54) is 0 Å². The summed E-state index contributed by atoms with van der Waals surface area (Å²) in [4.78, 5) is 0. The van der Waals surface area contributed by atoms with Crippen LogP contribution in [0.15, 0.2) is 48.7 Å². The highest BCUT2D eigenvalue weighted by Gasteiger charge is 2.10. The minimum atomic E-state index is 0.591. The fraction of sp³-hybridized carbons (Fsp3) is 0. The van der Waals surface area contributed by atoms with E-state index in [1.54, 1.807) is 0 Å². The first kappa shape index (κ1) is 10.9. The quantitative estimate of drug-likeness (QED) is 0.581. The minimum Gasteiger partial charge on any atom is -0.278 e. The molecule has 0 amide bonds. The number of nitrogens with zero attached hydrogens (tertiary/aromatic N) is 4. The fourth-order valence-corrected chi connectivity index (χ4v) is 2.32. The van der Waals surface area contributed by atoms with E-state index in [1.807, 2.05) is 36.5 Å². The summed E-state index contributed by atoms with van der Waals surface area (Å²) in [7, 11) is 0. The summed E-state index contributed by atoms with van der Waals surface area (Å²) in [5.74, 6) is 0.591. The second-order valence-electron chi connectivity index (χ2n) is 4.45. The summed E-state index contributed by atoms with van der Waals surface area (Å²) in [5.41, 5.74) is 4.13. The number of H-pyrrole nitrogens is 2. The smallest absolute Gasteiger partial charge is 0.205 e. The van der Waals surface area contributed by atoms with E-state index in [0.29, 0.717) is 5.82 Å². The van der Waals surface area contributed by atoms with Crippen LogP contribution in [0.1, 0.15) is 0 Å². The number of rotatable bonds is 2. The van der Waals surface area contributed by atoms with Gasteiger partial charge in [0.1, 0.15) is 0 Å². The zero-order valence-electron chi connectivity index (χ0n) is 10.4. The molecular weight excluding hydrogens is 252 g/mol. The normalized spacial score (nSPS) is 11.0. The van der Waals surface area contributed by atoms with Crippen molar-refractivity contribution in [3.05, 3.63) is 48.7 Å². The Morgan fingerprint density at radius 1 is 0.950 bits per heavy atom. The van der Waals surface area contributed by atoms with Gasteiger partial charge in [-0.25, -0.2) is 0 Å². The molecule has 0 radical (unpaired) electrons. The summed E-state index contributed by atoms with van der Waals surface area (Å²) in [6, 6.07) is 14.2. The van der Waals surface area contributed by atoms with E-state index >= 15 is 0 Å². The topological polar surface area (TPSA) is 83.1 Å². The highest BCUT2D eigenvalue weighted by molar-refractivity contribution is 5.88. The Balaban J connectivity index is 1.93. The molecule has 0 aliphatic rings. The van der Waals surface area contributed by atoms with Crippen LogP contribution >= 0.6 is 0 Å². The Kier molecular flexibility index (Phi) is 2.32. The minimum absolute atomic E-state index is 0.591. The van der Waals surface area contributed by atoms with Crippen LogP contribution in [0.25, 0.3) is 33.4 Å². The van der Waals surface area contributed by atoms with Crippen molar-refractivity contribution in [1.82, 2.24) is 30.8 Å². The standard InChI is InChI=1S/C14H10N6/c1-2-4-12(14-17-19-20-18-14)11(3-1)9-5-6-13-10(7-9)8-15-16-13/h1-8H,(H,15,16)(H,17,18,19,20). The fourth-order valence-electron chi connectivity index (χ4n) is 2.32. The molecule has 4 rings (SSSR count). The van der Waals surface area contributed by atoms with E-state index in [9.17, 15) is 0 Å². The summed E-state index contributed by atoms with van der Waals surface area (Å²) in [6.45, 7) is 0. The predicted molar refractivity (Wildman–Crippen MR) is 74.7 cm³/mol. The molecule has 20 heavy (non-hydrogen) atoms. The maximum absolute atomic E-state index is 4.06. The van der Waals surface area contributed by atoms with Crippen molar-refractivity contribution >= 4 is 10.9 Å². The lowest BCUT2D eigenvalue weighted by molar-refractivity contribution is 0.881. The molecule has 0 aliphatic heterocycles. The Morgan fingerprint density at radius 2 is 1.85 bits per heavy atom. The maximum Gasteiger partial charge on any atom is 0.205 e. The number of tetrazole rings is 1. The Bertz CT molecular complexity index is 862. The van der Waals surface area contributed by atoms with Gasteiger partial charge in [0.05, 0.1) is 11.7 Å². The molecule has 2 N–H and O–H groups in total. The largest absolute Gasteiger partial charge is 0.278 e. The van der Waals surface area contributed by atoms with Crippen molar-refractivity contribution in [1.29, 1.82) is 0 Å². The maximum atomic E-state index is 4.06.